The molecule has 21 nitrogen and oxygen atoms in total. The molecular weight excluding hydrogens is 965 g/mol. The van der Waals surface area contributed by atoms with Crippen molar-refractivity contribution in [3.8, 4) is 0 Å². The van der Waals surface area contributed by atoms with Crippen molar-refractivity contribution in [2.24, 2.45) is 5.92 Å². The lowest BCUT2D eigenvalue weighted by Crippen LogP contribution is -2.61. The van der Waals surface area contributed by atoms with Crippen LogP contribution in [0.4, 0.5) is 5.82 Å². The molecule has 11 N–H and O–H groups in total. The van der Waals surface area contributed by atoms with Gasteiger partial charge in [0.2, 0.25) is 41.4 Å². The second kappa shape index (κ2) is 27.7. The van der Waals surface area contributed by atoms with Gasteiger partial charge in [-0.3, -0.25) is 47.9 Å². The molecule has 4 aromatic rings. The lowest BCUT2D eigenvalue weighted by atomic mass is 9.84. The molecule has 0 aliphatic heterocycles. The minimum Gasteiger partial charge on any atom is -0.481 e. The molecule has 1 heterocycles. The largest absolute Gasteiger partial charge is 0.481 e. The Labute approximate surface area is 426 Å². The number of aromatic amines is 1. The van der Waals surface area contributed by atoms with E-state index in [9.17, 15) is 58.5 Å². The number of anilines is 1. The van der Waals surface area contributed by atoms with Crippen molar-refractivity contribution in [3.63, 3.8) is 0 Å². The smallest absolute Gasteiger partial charge is 0.305 e. The molecule has 1 fully saturated rings. The Morgan fingerprint density at radius 2 is 1.05 bits per heavy atom. The topological polar surface area (TPSA) is 331 Å². The zero-order valence-electron chi connectivity index (χ0n) is 40.1. The summed E-state index contributed by atoms with van der Waals surface area (Å²) in [6.45, 7) is 1.04. The summed E-state index contributed by atoms with van der Waals surface area (Å²) in [5, 5.41) is 47.6. The first kappa shape index (κ1) is 56.2. The molecule has 73 heavy (non-hydrogen) atoms. The zero-order valence-corrected chi connectivity index (χ0v) is 41.0. The Morgan fingerprint density at radius 3 is 1.59 bits per heavy atom. The molecule has 1 aromatic heterocycles. The maximum absolute atomic E-state index is 15.0. The van der Waals surface area contributed by atoms with Crippen LogP contribution in [0.15, 0.2) is 91.0 Å². The van der Waals surface area contributed by atoms with E-state index in [1.165, 1.54) is 0 Å². The summed E-state index contributed by atoms with van der Waals surface area (Å²) in [5.41, 5.74) is 1.70. The number of carboxylic acid groups (broad SMARTS) is 3. The van der Waals surface area contributed by atoms with Crippen LogP contribution in [0, 0.1) is 5.92 Å². The minimum absolute atomic E-state index is 0.0178. The van der Waals surface area contributed by atoms with Gasteiger partial charge in [0, 0.05) is 42.3 Å². The molecule has 1 aliphatic rings. The van der Waals surface area contributed by atoms with E-state index < -0.39 is 134 Å². The number of aliphatic carboxylic acids is 3. The normalized spacial score (nSPS) is 15.0. The van der Waals surface area contributed by atoms with Crippen molar-refractivity contribution in [1.29, 1.82) is 0 Å². The fraction of sp³-hybridized carbons (Fsp3) is 0.412. The van der Waals surface area contributed by atoms with Crippen molar-refractivity contribution in [1.82, 2.24) is 36.9 Å². The monoisotopic (exact) mass is 1030 g/mol. The lowest BCUT2D eigenvalue weighted by Gasteiger charge is -2.32. The Kier molecular flexibility index (Phi) is 21.3. The van der Waals surface area contributed by atoms with E-state index in [1.54, 1.807) is 66.7 Å². The predicted molar refractivity (Wildman–Crippen MR) is 270 cm³/mol. The van der Waals surface area contributed by atoms with E-state index in [-0.39, 0.29) is 18.1 Å². The number of H-pyrrole nitrogens is 1. The molecule has 1 aliphatic carbocycles. The number of para-hydroxylation sites is 1. The number of carbonyl (C=O) groups is 10. The van der Waals surface area contributed by atoms with Crippen LogP contribution in [-0.2, 0) is 47.9 Å². The summed E-state index contributed by atoms with van der Waals surface area (Å²) in [6.07, 6.45) is 1.11. The number of hydrogen-bond acceptors (Lipinski definition) is 11. The molecular formula is C51H62N8O13S. The number of carboxylic acids is 3. The number of benzene rings is 3. The van der Waals surface area contributed by atoms with Crippen LogP contribution in [-0.4, -0.2) is 122 Å². The molecule has 3 aromatic carbocycles. The third kappa shape index (κ3) is 17.5. The predicted octanol–water partition coefficient (Wildman–Crippen LogP) is 2.97. The first-order valence-corrected chi connectivity index (χ1v) is 24.6. The van der Waals surface area contributed by atoms with E-state index in [1.807, 2.05) is 24.3 Å². The average Bonchev–Trinajstić information content (AvgIpc) is 3.77. The molecule has 0 saturated heterocycles. The van der Waals surface area contributed by atoms with E-state index >= 15 is 4.79 Å². The van der Waals surface area contributed by atoms with E-state index in [2.05, 4.69) is 54.8 Å². The van der Waals surface area contributed by atoms with Gasteiger partial charge in [0.1, 0.15) is 42.1 Å². The molecule has 0 bridgehead atoms. The molecule has 22 heteroatoms. The number of thiol groups is 1. The maximum Gasteiger partial charge on any atom is 0.305 e. The standard InChI is InChI=1S/C51H62N8O13S/c1-29(60)52-38(27-43(65)66)49(70)54-36(22-24-42(63)64)47(68)59-45(44(31-15-7-3-8-16-31)32-17-9-4-10-18-32)51(72)55-35(21-23-41(61)62)46(67)56-37(25-30-13-5-2-6-14-30)48(69)57-39(28-73)50(71)58-40-26-33-19-11-12-20-34(33)53-40/h3-4,7-12,15-20,26,30,35-39,44-45,53,73H,2,5-6,13-14,21-25,27-28H2,1H3,(H,52,60)(H,54,70)(H,55,72)(H,56,67)(H,57,69)(H,58,71)(H,59,68)(H,61,62)(H,63,64)(H,65,66)/t35-,36-,37-,38-,39-,45-/m0/s1. The minimum atomic E-state index is -1.73. The summed E-state index contributed by atoms with van der Waals surface area (Å²) < 4.78 is 0. The average molecular weight is 1030 g/mol. The summed E-state index contributed by atoms with van der Waals surface area (Å²) in [4.78, 5) is 136. The zero-order chi connectivity index (χ0) is 53.0. The van der Waals surface area contributed by atoms with Gasteiger partial charge < -0.3 is 57.5 Å². The lowest BCUT2D eigenvalue weighted by molar-refractivity contribution is -0.141. The Balaban J connectivity index is 1.47. The first-order valence-electron chi connectivity index (χ1n) is 24.0. The van der Waals surface area contributed by atoms with Gasteiger partial charge in [-0.05, 0) is 48.4 Å². The number of aromatic nitrogens is 1. The molecule has 0 spiro atoms. The molecule has 1 saturated carbocycles. The maximum atomic E-state index is 15.0. The highest BCUT2D eigenvalue weighted by Gasteiger charge is 2.39. The van der Waals surface area contributed by atoms with Gasteiger partial charge >= 0.3 is 17.9 Å². The van der Waals surface area contributed by atoms with Gasteiger partial charge in [0.15, 0.2) is 0 Å². The summed E-state index contributed by atoms with van der Waals surface area (Å²) in [7, 11) is 0. The highest BCUT2D eigenvalue weighted by molar-refractivity contribution is 7.80. The van der Waals surface area contributed by atoms with Crippen molar-refractivity contribution < 1.29 is 63.3 Å². The quantitative estimate of drug-likeness (QED) is 0.0383. The summed E-state index contributed by atoms with van der Waals surface area (Å²) in [6, 6.07) is 16.6. The number of hydrogen-bond donors (Lipinski definition) is 12. The number of rotatable bonds is 27. The van der Waals surface area contributed by atoms with Crippen LogP contribution in [0.3, 0.4) is 0 Å². The van der Waals surface area contributed by atoms with E-state index in [0.717, 1.165) is 49.9 Å². The van der Waals surface area contributed by atoms with Gasteiger partial charge in [-0.2, -0.15) is 12.6 Å². The van der Waals surface area contributed by atoms with Crippen molar-refractivity contribution >= 4 is 88.6 Å². The van der Waals surface area contributed by atoms with E-state index in [4.69, 9.17) is 0 Å². The molecule has 0 unspecified atom stereocenters. The Hall–Kier alpha value is -7.75. The van der Waals surface area contributed by atoms with Crippen LogP contribution in [0.1, 0.15) is 94.6 Å². The summed E-state index contributed by atoms with van der Waals surface area (Å²) >= 11 is 4.34. The Morgan fingerprint density at radius 1 is 0.562 bits per heavy atom. The number of amides is 7. The van der Waals surface area contributed by atoms with Gasteiger partial charge in [-0.1, -0.05) is 111 Å². The molecule has 7 amide bonds. The van der Waals surface area contributed by atoms with Crippen LogP contribution in [0.2, 0.25) is 0 Å². The van der Waals surface area contributed by atoms with Crippen LogP contribution < -0.4 is 37.2 Å². The highest BCUT2D eigenvalue weighted by atomic mass is 32.1. The highest BCUT2D eigenvalue weighted by Crippen LogP contribution is 2.30. The van der Waals surface area contributed by atoms with Crippen molar-refractivity contribution in [2.45, 2.75) is 120 Å². The van der Waals surface area contributed by atoms with Gasteiger partial charge in [0.05, 0.1) is 6.42 Å². The van der Waals surface area contributed by atoms with Crippen LogP contribution >= 0.6 is 12.6 Å². The first-order chi connectivity index (χ1) is 34.9. The van der Waals surface area contributed by atoms with Crippen LogP contribution in [0.5, 0.6) is 0 Å². The number of carbonyl (C=O) groups excluding carboxylic acids is 7. The van der Waals surface area contributed by atoms with E-state index in [0.29, 0.717) is 16.9 Å². The SMILES string of the molecule is CC(=O)N[C@@H](CC(=O)O)C(=O)N[C@@H](CCC(=O)O)C(=O)N[C@H](C(=O)N[C@@H](CCC(=O)O)C(=O)N[C@@H](CC1CCCCC1)C(=O)N[C@@H](CS)C(=O)Nc1cc2ccccc2[nH]1)C(c1ccccc1)c1ccccc1. The third-order valence-corrected chi connectivity index (χ3v) is 12.8. The molecule has 5 rings (SSSR count). The second-order valence-electron chi connectivity index (χ2n) is 17.9. The summed E-state index contributed by atoms with van der Waals surface area (Å²) in [5.74, 6) is -11.3. The Bertz CT molecular complexity index is 2500. The fourth-order valence-electron chi connectivity index (χ4n) is 8.78. The number of nitrogens with one attached hydrogen (secondary N) is 8. The van der Waals surface area contributed by atoms with Crippen molar-refractivity contribution in [3.05, 3.63) is 102 Å². The molecule has 0 radical (unpaired) electrons. The number of fused-ring (bicyclic) bond motifs is 1. The fourth-order valence-corrected chi connectivity index (χ4v) is 9.03. The van der Waals surface area contributed by atoms with Crippen LogP contribution in [0.25, 0.3) is 10.9 Å². The molecule has 390 valence electrons. The molecule has 6 atom stereocenters. The van der Waals surface area contributed by atoms with Gasteiger partial charge in [-0.25, -0.2) is 0 Å². The van der Waals surface area contributed by atoms with Crippen molar-refractivity contribution in [2.75, 3.05) is 11.1 Å². The van der Waals surface area contributed by atoms with Gasteiger partial charge in [-0.15, -0.1) is 0 Å². The van der Waals surface area contributed by atoms with Gasteiger partial charge in [0.25, 0.3) is 0 Å². The third-order valence-electron chi connectivity index (χ3n) is 12.4. The second-order valence-corrected chi connectivity index (χ2v) is 18.3.